The van der Waals surface area contributed by atoms with Crippen LogP contribution in [0.25, 0.3) is 11.0 Å². The Labute approximate surface area is 111 Å². The van der Waals surface area contributed by atoms with E-state index in [0.717, 1.165) is 12.1 Å². The third-order valence-electron chi connectivity index (χ3n) is 3.31. The molecule has 0 aliphatic rings. The number of aliphatic hydroxyl groups excluding tert-OH is 1. The zero-order valence-corrected chi connectivity index (χ0v) is 11.4. The summed E-state index contributed by atoms with van der Waals surface area (Å²) in [4.78, 5) is 13.7. The fourth-order valence-electron chi connectivity index (χ4n) is 1.87. The highest BCUT2D eigenvalue weighted by molar-refractivity contribution is 5.97. The summed E-state index contributed by atoms with van der Waals surface area (Å²) in [6, 6.07) is 5.14. The maximum atomic E-state index is 12.2. The minimum atomic E-state index is -0.213. The lowest BCUT2D eigenvalue weighted by Crippen LogP contribution is -2.37. The SMILES string of the molecule is CCn1nnc2cc(C(=O)N(C)C(C)CO)ccc21. The number of likely N-dealkylation sites (N-methyl/N-ethyl adjacent to an activating group) is 1. The van der Waals surface area contributed by atoms with Gasteiger partial charge in [0.1, 0.15) is 5.52 Å². The number of hydrogen-bond donors (Lipinski definition) is 1. The molecule has 1 atom stereocenters. The first kappa shape index (κ1) is 13.5. The summed E-state index contributed by atoms with van der Waals surface area (Å²) in [5, 5.41) is 17.2. The van der Waals surface area contributed by atoms with Crippen molar-refractivity contribution < 1.29 is 9.90 Å². The molecular formula is C13H18N4O2. The van der Waals surface area contributed by atoms with E-state index in [1.807, 2.05) is 13.0 Å². The fourth-order valence-corrected chi connectivity index (χ4v) is 1.87. The lowest BCUT2D eigenvalue weighted by molar-refractivity contribution is 0.0682. The van der Waals surface area contributed by atoms with Crippen LogP contribution < -0.4 is 0 Å². The first-order chi connectivity index (χ1) is 9.08. The molecule has 6 heteroatoms. The molecule has 0 aliphatic heterocycles. The van der Waals surface area contributed by atoms with Gasteiger partial charge in [0.2, 0.25) is 0 Å². The molecule has 1 aromatic heterocycles. The predicted octanol–water partition coefficient (Wildman–Crippen LogP) is 0.904. The number of fused-ring (bicyclic) bond motifs is 1. The fraction of sp³-hybridized carbons (Fsp3) is 0.462. The molecule has 1 amide bonds. The molecule has 1 N–H and O–H groups in total. The number of aryl methyl sites for hydroxylation is 1. The van der Waals surface area contributed by atoms with Gasteiger partial charge in [0, 0.05) is 19.2 Å². The van der Waals surface area contributed by atoms with Crippen LogP contribution in [0.15, 0.2) is 18.2 Å². The molecule has 1 aromatic carbocycles. The van der Waals surface area contributed by atoms with Gasteiger partial charge in [-0.05, 0) is 32.0 Å². The molecule has 19 heavy (non-hydrogen) atoms. The number of nitrogens with zero attached hydrogens (tertiary/aromatic N) is 4. The highest BCUT2D eigenvalue weighted by Gasteiger charge is 2.17. The molecule has 6 nitrogen and oxygen atoms in total. The standard InChI is InChI=1S/C13H18N4O2/c1-4-17-12-6-5-10(7-11(12)14-15-17)13(19)16(3)9(2)8-18/h5-7,9,18H,4,8H2,1-3H3. The van der Waals surface area contributed by atoms with E-state index in [2.05, 4.69) is 10.3 Å². The van der Waals surface area contributed by atoms with E-state index in [-0.39, 0.29) is 18.6 Å². The minimum absolute atomic E-state index is 0.0590. The summed E-state index contributed by atoms with van der Waals surface area (Å²) < 4.78 is 1.78. The van der Waals surface area contributed by atoms with Gasteiger partial charge in [-0.25, -0.2) is 4.68 Å². The van der Waals surface area contributed by atoms with Gasteiger partial charge in [-0.15, -0.1) is 5.10 Å². The van der Waals surface area contributed by atoms with E-state index in [9.17, 15) is 4.79 Å². The van der Waals surface area contributed by atoms with Crippen LogP contribution in [0.3, 0.4) is 0 Å². The number of amides is 1. The molecule has 1 unspecified atom stereocenters. The molecule has 2 rings (SSSR count). The lowest BCUT2D eigenvalue weighted by Gasteiger charge is -2.23. The number of aliphatic hydroxyl groups is 1. The molecule has 0 aliphatic carbocycles. The minimum Gasteiger partial charge on any atom is -0.394 e. The Balaban J connectivity index is 2.33. The Kier molecular flexibility index (Phi) is 3.80. The highest BCUT2D eigenvalue weighted by Crippen LogP contribution is 2.15. The second-order valence-electron chi connectivity index (χ2n) is 4.56. The number of rotatable bonds is 4. The van der Waals surface area contributed by atoms with Crippen molar-refractivity contribution in [3.63, 3.8) is 0 Å². The van der Waals surface area contributed by atoms with E-state index in [0.29, 0.717) is 11.1 Å². The van der Waals surface area contributed by atoms with Crippen LogP contribution in [0.4, 0.5) is 0 Å². The quantitative estimate of drug-likeness (QED) is 0.888. The maximum absolute atomic E-state index is 12.2. The molecule has 0 saturated heterocycles. The molecule has 0 fully saturated rings. The summed E-state index contributed by atoms with van der Waals surface area (Å²) in [5.41, 5.74) is 2.17. The maximum Gasteiger partial charge on any atom is 0.253 e. The zero-order valence-electron chi connectivity index (χ0n) is 11.4. The van der Waals surface area contributed by atoms with Crippen LogP contribution in [0.2, 0.25) is 0 Å². The predicted molar refractivity (Wildman–Crippen MR) is 71.8 cm³/mol. The molecule has 102 valence electrons. The second kappa shape index (κ2) is 5.36. The summed E-state index contributed by atoms with van der Waals surface area (Å²) in [7, 11) is 1.68. The van der Waals surface area contributed by atoms with Crippen molar-refractivity contribution in [2.24, 2.45) is 0 Å². The van der Waals surface area contributed by atoms with E-state index in [4.69, 9.17) is 5.11 Å². The van der Waals surface area contributed by atoms with E-state index in [1.54, 1.807) is 30.8 Å². The van der Waals surface area contributed by atoms with Crippen LogP contribution in [0, 0.1) is 0 Å². The topological polar surface area (TPSA) is 71.2 Å². The third-order valence-corrected chi connectivity index (χ3v) is 3.31. The van der Waals surface area contributed by atoms with Crippen molar-refractivity contribution in [3.8, 4) is 0 Å². The normalized spacial score (nSPS) is 12.6. The Bertz CT molecular complexity index is 593. The van der Waals surface area contributed by atoms with Gasteiger partial charge < -0.3 is 10.0 Å². The number of benzene rings is 1. The van der Waals surface area contributed by atoms with Crippen LogP contribution in [-0.4, -0.2) is 50.6 Å². The third kappa shape index (κ3) is 2.44. The Morgan fingerprint density at radius 1 is 1.53 bits per heavy atom. The van der Waals surface area contributed by atoms with E-state index >= 15 is 0 Å². The van der Waals surface area contributed by atoms with Crippen LogP contribution in [0.1, 0.15) is 24.2 Å². The molecular weight excluding hydrogens is 244 g/mol. The van der Waals surface area contributed by atoms with E-state index < -0.39 is 0 Å². The van der Waals surface area contributed by atoms with Crippen LogP contribution in [-0.2, 0) is 6.54 Å². The molecule has 0 bridgehead atoms. The van der Waals surface area contributed by atoms with Crippen molar-refractivity contribution in [2.75, 3.05) is 13.7 Å². The smallest absolute Gasteiger partial charge is 0.253 e. The number of carbonyl (C=O) groups is 1. The van der Waals surface area contributed by atoms with Crippen LogP contribution >= 0.6 is 0 Å². The van der Waals surface area contributed by atoms with Gasteiger partial charge >= 0.3 is 0 Å². The first-order valence-electron chi connectivity index (χ1n) is 6.29. The average Bonchev–Trinajstić information content (AvgIpc) is 2.86. The summed E-state index contributed by atoms with van der Waals surface area (Å²) in [5.74, 6) is -0.130. The van der Waals surface area contributed by atoms with Gasteiger partial charge in [0.25, 0.3) is 5.91 Å². The average molecular weight is 262 g/mol. The van der Waals surface area contributed by atoms with Crippen molar-refractivity contribution in [3.05, 3.63) is 23.8 Å². The monoisotopic (exact) mass is 262 g/mol. The van der Waals surface area contributed by atoms with Crippen molar-refractivity contribution in [2.45, 2.75) is 26.4 Å². The second-order valence-corrected chi connectivity index (χ2v) is 4.56. The van der Waals surface area contributed by atoms with Crippen molar-refractivity contribution >= 4 is 16.9 Å². The van der Waals surface area contributed by atoms with Gasteiger partial charge in [-0.1, -0.05) is 5.21 Å². The Hall–Kier alpha value is -1.95. The van der Waals surface area contributed by atoms with Crippen LogP contribution in [0.5, 0.6) is 0 Å². The molecule has 1 heterocycles. The Morgan fingerprint density at radius 2 is 2.26 bits per heavy atom. The molecule has 0 saturated carbocycles. The van der Waals surface area contributed by atoms with Crippen molar-refractivity contribution in [1.29, 1.82) is 0 Å². The summed E-state index contributed by atoms with van der Waals surface area (Å²) >= 11 is 0. The first-order valence-corrected chi connectivity index (χ1v) is 6.29. The van der Waals surface area contributed by atoms with Gasteiger partial charge in [0.15, 0.2) is 0 Å². The molecule has 0 spiro atoms. The number of hydrogen-bond acceptors (Lipinski definition) is 4. The highest BCUT2D eigenvalue weighted by atomic mass is 16.3. The van der Waals surface area contributed by atoms with E-state index in [1.165, 1.54) is 4.90 Å². The zero-order chi connectivity index (χ0) is 14.0. The number of carbonyl (C=O) groups excluding carboxylic acids is 1. The molecule has 2 aromatic rings. The molecule has 0 radical (unpaired) electrons. The van der Waals surface area contributed by atoms with Gasteiger partial charge in [-0.2, -0.15) is 0 Å². The lowest BCUT2D eigenvalue weighted by atomic mass is 10.1. The summed E-state index contributed by atoms with van der Waals surface area (Å²) in [6.45, 7) is 4.47. The van der Waals surface area contributed by atoms with Crippen molar-refractivity contribution in [1.82, 2.24) is 19.9 Å². The Morgan fingerprint density at radius 3 is 2.89 bits per heavy atom. The van der Waals surface area contributed by atoms with Gasteiger partial charge in [-0.3, -0.25) is 4.79 Å². The summed E-state index contributed by atoms with van der Waals surface area (Å²) in [6.07, 6.45) is 0. The number of aromatic nitrogens is 3. The van der Waals surface area contributed by atoms with Gasteiger partial charge in [0.05, 0.1) is 18.2 Å². The largest absolute Gasteiger partial charge is 0.394 e.